The second-order valence-corrected chi connectivity index (χ2v) is 7.92. The molecule has 0 spiro atoms. The van der Waals surface area contributed by atoms with E-state index in [0.717, 1.165) is 38.8 Å². The van der Waals surface area contributed by atoms with Crippen molar-refractivity contribution in [2.75, 3.05) is 6.54 Å². The summed E-state index contributed by atoms with van der Waals surface area (Å²) in [5.74, 6) is -1.59. The van der Waals surface area contributed by atoms with Crippen molar-refractivity contribution in [1.29, 1.82) is 0 Å². The predicted molar refractivity (Wildman–Crippen MR) is 114 cm³/mol. The second-order valence-electron chi connectivity index (χ2n) is 6.93. The summed E-state index contributed by atoms with van der Waals surface area (Å²) in [6.45, 7) is 1.77. The molecule has 0 atom stereocenters. The maximum absolute atomic E-state index is 14.2. The SMILES string of the molecule is Cc1c(/C=C2\SC(=O)N(CC(N)=O)C2=O)c2ccccc2n1Cc1ccccc1F. The number of carbonyl (C=O) groups is 3. The van der Waals surface area contributed by atoms with Gasteiger partial charge in [0, 0.05) is 27.7 Å². The molecule has 0 radical (unpaired) electrons. The van der Waals surface area contributed by atoms with Gasteiger partial charge in [0.15, 0.2) is 0 Å². The van der Waals surface area contributed by atoms with Crippen LogP contribution in [0, 0.1) is 12.7 Å². The zero-order valence-electron chi connectivity index (χ0n) is 16.1. The number of hydrogen-bond donors (Lipinski definition) is 1. The van der Waals surface area contributed by atoms with Gasteiger partial charge in [0.05, 0.1) is 11.4 Å². The van der Waals surface area contributed by atoms with Gasteiger partial charge >= 0.3 is 0 Å². The quantitative estimate of drug-likeness (QED) is 0.635. The number of halogens is 1. The number of amides is 3. The lowest BCUT2D eigenvalue weighted by atomic mass is 10.1. The number of nitrogens with zero attached hydrogens (tertiary/aromatic N) is 2. The van der Waals surface area contributed by atoms with Crippen LogP contribution in [-0.2, 0) is 16.1 Å². The summed E-state index contributed by atoms with van der Waals surface area (Å²) in [7, 11) is 0. The number of benzene rings is 2. The molecule has 3 amide bonds. The molecule has 2 aromatic carbocycles. The molecule has 0 saturated carbocycles. The van der Waals surface area contributed by atoms with E-state index in [-0.39, 0.29) is 10.7 Å². The molecule has 0 bridgehead atoms. The van der Waals surface area contributed by atoms with E-state index in [1.54, 1.807) is 24.3 Å². The highest BCUT2D eigenvalue weighted by Gasteiger charge is 2.36. The molecule has 2 N–H and O–H groups in total. The first-order chi connectivity index (χ1) is 14.4. The van der Waals surface area contributed by atoms with Crippen molar-refractivity contribution >= 4 is 45.8 Å². The monoisotopic (exact) mass is 423 g/mol. The van der Waals surface area contributed by atoms with E-state index in [9.17, 15) is 18.8 Å². The smallest absolute Gasteiger partial charge is 0.294 e. The van der Waals surface area contributed by atoms with Crippen molar-refractivity contribution in [1.82, 2.24) is 9.47 Å². The molecule has 30 heavy (non-hydrogen) atoms. The Labute approximate surface area is 176 Å². The van der Waals surface area contributed by atoms with Crippen molar-refractivity contribution in [3.63, 3.8) is 0 Å². The highest BCUT2D eigenvalue weighted by atomic mass is 32.2. The molecule has 1 aromatic heterocycles. The van der Waals surface area contributed by atoms with Crippen molar-refractivity contribution in [2.45, 2.75) is 13.5 Å². The average Bonchev–Trinajstić information content (AvgIpc) is 3.12. The predicted octanol–water partition coefficient (Wildman–Crippen LogP) is 3.66. The van der Waals surface area contributed by atoms with Gasteiger partial charge in [-0.15, -0.1) is 0 Å². The van der Waals surface area contributed by atoms with Gasteiger partial charge in [0.1, 0.15) is 12.4 Å². The maximum Gasteiger partial charge on any atom is 0.294 e. The lowest BCUT2D eigenvalue weighted by Crippen LogP contribution is -2.36. The van der Waals surface area contributed by atoms with Gasteiger partial charge in [-0.2, -0.15) is 0 Å². The molecule has 2 heterocycles. The molecular weight excluding hydrogens is 405 g/mol. The van der Waals surface area contributed by atoms with E-state index in [2.05, 4.69) is 0 Å². The zero-order chi connectivity index (χ0) is 21.4. The third-order valence-corrected chi connectivity index (χ3v) is 5.94. The number of nitrogens with two attached hydrogens (primary N) is 1. The Morgan fingerprint density at radius 2 is 1.83 bits per heavy atom. The maximum atomic E-state index is 14.2. The lowest BCUT2D eigenvalue weighted by Gasteiger charge is -2.10. The van der Waals surface area contributed by atoms with E-state index >= 15 is 0 Å². The molecule has 0 aliphatic carbocycles. The van der Waals surface area contributed by atoms with Crippen molar-refractivity contribution in [2.24, 2.45) is 5.73 Å². The topological polar surface area (TPSA) is 85.4 Å². The molecule has 1 aliphatic rings. The Morgan fingerprint density at radius 1 is 1.13 bits per heavy atom. The fourth-order valence-electron chi connectivity index (χ4n) is 3.56. The van der Waals surface area contributed by atoms with E-state index in [1.807, 2.05) is 35.8 Å². The summed E-state index contributed by atoms with van der Waals surface area (Å²) < 4.78 is 16.2. The van der Waals surface area contributed by atoms with Crippen LogP contribution in [0.25, 0.3) is 17.0 Å². The highest BCUT2D eigenvalue weighted by molar-refractivity contribution is 8.18. The summed E-state index contributed by atoms with van der Waals surface area (Å²) >= 11 is 0.773. The molecule has 1 aliphatic heterocycles. The molecule has 152 valence electrons. The largest absolute Gasteiger partial charge is 0.368 e. The fourth-order valence-corrected chi connectivity index (χ4v) is 4.38. The van der Waals surface area contributed by atoms with Crippen molar-refractivity contribution in [3.8, 4) is 0 Å². The first-order valence-electron chi connectivity index (χ1n) is 9.21. The van der Waals surface area contributed by atoms with Crippen LogP contribution in [0.2, 0.25) is 0 Å². The molecule has 4 rings (SSSR count). The number of aromatic nitrogens is 1. The molecule has 8 heteroatoms. The minimum absolute atomic E-state index is 0.221. The number of thioether (sulfide) groups is 1. The fraction of sp³-hybridized carbons (Fsp3) is 0.136. The number of primary amides is 1. The zero-order valence-corrected chi connectivity index (χ0v) is 16.9. The second kappa shape index (κ2) is 7.79. The van der Waals surface area contributed by atoms with Gasteiger partial charge in [-0.3, -0.25) is 19.3 Å². The molecule has 6 nitrogen and oxygen atoms in total. The van der Waals surface area contributed by atoms with Crippen LogP contribution in [0.4, 0.5) is 9.18 Å². The number of hydrogen-bond acceptors (Lipinski definition) is 4. The third-order valence-electron chi connectivity index (χ3n) is 5.03. The Hall–Kier alpha value is -3.39. The summed E-state index contributed by atoms with van der Waals surface area (Å²) in [5.41, 5.74) is 8.18. The molecule has 1 fully saturated rings. The standard InChI is InChI=1S/C22H18FN3O3S/c1-13-16(10-19-21(28)26(12-20(24)27)22(29)30-19)15-7-3-5-9-18(15)25(13)11-14-6-2-4-8-17(14)23/h2-10H,11-12H2,1H3,(H2,24,27)/b19-10-. The Bertz CT molecular complexity index is 1230. The number of carbonyl (C=O) groups excluding carboxylic acids is 3. The lowest BCUT2D eigenvalue weighted by molar-refractivity contribution is -0.127. The van der Waals surface area contributed by atoms with Gasteiger partial charge in [0.25, 0.3) is 11.1 Å². The number of fused-ring (bicyclic) bond motifs is 1. The molecule has 1 saturated heterocycles. The van der Waals surface area contributed by atoms with Crippen molar-refractivity contribution < 1.29 is 18.8 Å². The highest BCUT2D eigenvalue weighted by Crippen LogP contribution is 2.35. The molecule has 0 unspecified atom stereocenters. The number of para-hydroxylation sites is 1. The van der Waals surface area contributed by atoms with Gasteiger partial charge in [-0.05, 0) is 36.9 Å². The van der Waals surface area contributed by atoms with Crippen LogP contribution in [0.5, 0.6) is 0 Å². The van der Waals surface area contributed by atoms with E-state index in [1.165, 1.54) is 6.07 Å². The first-order valence-corrected chi connectivity index (χ1v) is 10.0. The van der Waals surface area contributed by atoms with Gasteiger partial charge in [-0.1, -0.05) is 36.4 Å². The summed E-state index contributed by atoms with van der Waals surface area (Å²) in [6, 6.07) is 14.2. The van der Waals surface area contributed by atoms with E-state index in [0.29, 0.717) is 12.1 Å². The van der Waals surface area contributed by atoms with Gasteiger partial charge in [0.2, 0.25) is 5.91 Å². The van der Waals surface area contributed by atoms with Crippen LogP contribution >= 0.6 is 11.8 Å². The van der Waals surface area contributed by atoms with E-state index in [4.69, 9.17) is 5.73 Å². The summed E-state index contributed by atoms with van der Waals surface area (Å²) in [6.07, 6.45) is 1.65. The normalized spacial score (nSPS) is 15.5. The Morgan fingerprint density at radius 3 is 2.57 bits per heavy atom. The molecule has 3 aromatic rings. The van der Waals surface area contributed by atoms with Crippen LogP contribution in [0.1, 0.15) is 16.8 Å². The Kier molecular flexibility index (Phi) is 5.17. The first kappa shape index (κ1) is 19.9. The van der Waals surface area contributed by atoms with Gasteiger partial charge < -0.3 is 10.3 Å². The van der Waals surface area contributed by atoms with Crippen molar-refractivity contribution in [3.05, 3.63) is 76.1 Å². The third kappa shape index (κ3) is 3.50. The van der Waals surface area contributed by atoms with E-state index < -0.39 is 23.6 Å². The van der Waals surface area contributed by atoms with Crippen LogP contribution < -0.4 is 5.73 Å². The molecular formula is C22H18FN3O3S. The van der Waals surface area contributed by atoms with Gasteiger partial charge in [-0.25, -0.2) is 4.39 Å². The average molecular weight is 423 g/mol. The minimum Gasteiger partial charge on any atom is -0.368 e. The van der Waals surface area contributed by atoms with Crippen LogP contribution in [0.15, 0.2) is 53.4 Å². The minimum atomic E-state index is -0.753. The summed E-state index contributed by atoms with van der Waals surface area (Å²) in [4.78, 5) is 36.9. The summed E-state index contributed by atoms with van der Waals surface area (Å²) in [5, 5.41) is 0.353. The Balaban J connectivity index is 1.79. The number of imide groups is 1. The number of rotatable bonds is 5. The van der Waals surface area contributed by atoms with Crippen LogP contribution in [0.3, 0.4) is 0 Å². The van der Waals surface area contributed by atoms with Crippen LogP contribution in [-0.4, -0.2) is 33.1 Å².